The SMILES string of the molecule is CC(C)(N)Cc1ccc(OO)cc1. The largest absolute Gasteiger partial charge is 0.340 e. The van der Waals surface area contributed by atoms with E-state index in [1.165, 1.54) is 0 Å². The molecule has 0 spiro atoms. The summed E-state index contributed by atoms with van der Waals surface area (Å²) in [6.45, 7) is 3.95. The first-order chi connectivity index (χ1) is 6.01. The molecule has 0 heterocycles. The van der Waals surface area contributed by atoms with Gasteiger partial charge in [-0.25, -0.2) is 5.26 Å². The lowest BCUT2D eigenvalue weighted by molar-refractivity contribution is -0.137. The minimum atomic E-state index is -0.207. The van der Waals surface area contributed by atoms with Gasteiger partial charge in [-0.15, -0.1) is 0 Å². The lowest BCUT2D eigenvalue weighted by Gasteiger charge is -2.18. The van der Waals surface area contributed by atoms with E-state index in [1.807, 2.05) is 26.0 Å². The van der Waals surface area contributed by atoms with E-state index < -0.39 is 0 Å². The van der Waals surface area contributed by atoms with Crippen LogP contribution in [-0.2, 0) is 6.42 Å². The van der Waals surface area contributed by atoms with Crippen molar-refractivity contribution in [1.82, 2.24) is 0 Å². The van der Waals surface area contributed by atoms with E-state index in [0.717, 1.165) is 12.0 Å². The maximum Gasteiger partial charge on any atom is 0.165 e. The van der Waals surface area contributed by atoms with Crippen LogP contribution in [-0.4, -0.2) is 10.8 Å². The highest BCUT2D eigenvalue weighted by Crippen LogP contribution is 2.14. The van der Waals surface area contributed by atoms with Crippen molar-refractivity contribution in [2.75, 3.05) is 0 Å². The molecule has 1 aromatic carbocycles. The molecule has 0 aliphatic rings. The smallest absolute Gasteiger partial charge is 0.165 e. The Morgan fingerprint density at radius 1 is 1.31 bits per heavy atom. The van der Waals surface area contributed by atoms with E-state index in [9.17, 15) is 0 Å². The Hall–Kier alpha value is -1.06. The first-order valence-electron chi connectivity index (χ1n) is 4.20. The summed E-state index contributed by atoms with van der Waals surface area (Å²) in [5.41, 5.74) is 6.78. The molecule has 0 atom stereocenters. The van der Waals surface area contributed by atoms with Gasteiger partial charge in [0.05, 0.1) is 0 Å². The average molecular weight is 181 g/mol. The molecule has 0 amide bonds. The summed E-state index contributed by atoms with van der Waals surface area (Å²) >= 11 is 0. The molecule has 13 heavy (non-hydrogen) atoms. The van der Waals surface area contributed by atoms with Crippen LogP contribution >= 0.6 is 0 Å². The molecule has 0 aliphatic carbocycles. The predicted octanol–water partition coefficient (Wildman–Crippen LogP) is 1.82. The van der Waals surface area contributed by atoms with Crippen molar-refractivity contribution in [3.05, 3.63) is 29.8 Å². The third-order valence-electron chi connectivity index (χ3n) is 1.69. The minimum absolute atomic E-state index is 0.207. The van der Waals surface area contributed by atoms with Crippen molar-refractivity contribution in [1.29, 1.82) is 0 Å². The van der Waals surface area contributed by atoms with Crippen LogP contribution in [0.2, 0.25) is 0 Å². The molecule has 1 aromatic rings. The standard InChI is InChI=1S/C10H15NO2/c1-10(2,11)7-8-3-5-9(13-12)6-4-8/h3-6,12H,7,11H2,1-2H3. The first kappa shape index (κ1) is 10.0. The van der Waals surface area contributed by atoms with Gasteiger partial charge in [-0.3, -0.25) is 0 Å². The van der Waals surface area contributed by atoms with Gasteiger partial charge >= 0.3 is 0 Å². The van der Waals surface area contributed by atoms with Crippen LogP contribution in [0.5, 0.6) is 5.75 Å². The van der Waals surface area contributed by atoms with Crippen LogP contribution < -0.4 is 10.6 Å². The molecule has 0 unspecified atom stereocenters. The third-order valence-corrected chi connectivity index (χ3v) is 1.69. The molecule has 0 radical (unpaired) electrons. The number of hydrogen-bond acceptors (Lipinski definition) is 3. The van der Waals surface area contributed by atoms with Crippen molar-refractivity contribution in [2.24, 2.45) is 5.73 Å². The van der Waals surface area contributed by atoms with E-state index in [2.05, 4.69) is 4.89 Å². The topological polar surface area (TPSA) is 55.5 Å². The summed E-state index contributed by atoms with van der Waals surface area (Å²) < 4.78 is 0. The van der Waals surface area contributed by atoms with Crippen molar-refractivity contribution < 1.29 is 10.1 Å². The fourth-order valence-electron chi connectivity index (χ4n) is 1.19. The summed E-state index contributed by atoms with van der Waals surface area (Å²) in [4.78, 5) is 4.07. The van der Waals surface area contributed by atoms with E-state index in [-0.39, 0.29) is 5.54 Å². The zero-order valence-corrected chi connectivity index (χ0v) is 7.95. The van der Waals surface area contributed by atoms with Gasteiger partial charge in [0.1, 0.15) is 0 Å². The zero-order valence-electron chi connectivity index (χ0n) is 7.95. The second kappa shape index (κ2) is 3.77. The molecule has 0 bridgehead atoms. The molecular weight excluding hydrogens is 166 g/mol. The summed E-state index contributed by atoms with van der Waals surface area (Å²) in [5.74, 6) is 0.443. The van der Waals surface area contributed by atoms with Gasteiger partial charge in [-0.05, 0) is 38.0 Å². The second-order valence-electron chi connectivity index (χ2n) is 3.90. The van der Waals surface area contributed by atoms with Gasteiger partial charge in [0, 0.05) is 5.54 Å². The maximum atomic E-state index is 8.34. The molecule has 0 fully saturated rings. The van der Waals surface area contributed by atoms with Crippen LogP contribution in [0.3, 0.4) is 0 Å². The molecule has 0 aromatic heterocycles. The maximum absolute atomic E-state index is 8.34. The van der Waals surface area contributed by atoms with Gasteiger partial charge in [0.2, 0.25) is 0 Å². The molecule has 1 rings (SSSR count). The third kappa shape index (κ3) is 3.44. The summed E-state index contributed by atoms with van der Waals surface area (Å²) in [6, 6.07) is 7.20. The van der Waals surface area contributed by atoms with Crippen LogP contribution in [0.25, 0.3) is 0 Å². The summed E-state index contributed by atoms with van der Waals surface area (Å²) in [5, 5.41) is 8.34. The molecule has 3 N–H and O–H groups in total. The Bertz CT molecular complexity index is 261. The van der Waals surface area contributed by atoms with Gasteiger partial charge in [-0.1, -0.05) is 12.1 Å². The monoisotopic (exact) mass is 181 g/mol. The molecule has 0 saturated carbocycles. The Balaban J connectivity index is 2.70. The quantitative estimate of drug-likeness (QED) is 0.552. The molecule has 72 valence electrons. The Morgan fingerprint density at radius 3 is 2.23 bits per heavy atom. The molecule has 3 heteroatoms. The lowest BCUT2D eigenvalue weighted by atomic mass is 9.96. The number of benzene rings is 1. The van der Waals surface area contributed by atoms with Crippen LogP contribution in [0, 0.1) is 0 Å². The van der Waals surface area contributed by atoms with Crippen LogP contribution in [0.4, 0.5) is 0 Å². The highest BCUT2D eigenvalue weighted by atomic mass is 17.1. The normalized spacial score (nSPS) is 11.4. The first-order valence-corrected chi connectivity index (χ1v) is 4.20. The summed E-state index contributed by atoms with van der Waals surface area (Å²) in [7, 11) is 0. The van der Waals surface area contributed by atoms with Gasteiger partial charge in [0.15, 0.2) is 5.75 Å². The fourth-order valence-corrected chi connectivity index (χ4v) is 1.19. The van der Waals surface area contributed by atoms with Crippen molar-refractivity contribution in [3.8, 4) is 5.75 Å². The Kier molecular flexibility index (Phi) is 2.90. The van der Waals surface area contributed by atoms with Gasteiger partial charge < -0.3 is 10.6 Å². The van der Waals surface area contributed by atoms with Gasteiger partial charge in [0.25, 0.3) is 0 Å². The number of hydrogen-bond donors (Lipinski definition) is 2. The van der Waals surface area contributed by atoms with E-state index >= 15 is 0 Å². The fraction of sp³-hybridized carbons (Fsp3) is 0.400. The summed E-state index contributed by atoms with van der Waals surface area (Å²) in [6.07, 6.45) is 0.804. The van der Waals surface area contributed by atoms with E-state index in [4.69, 9.17) is 11.0 Å². The molecule has 0 saturated heterocycles. The highest BCUT2D eigenvalue weighted by Gasteiger charge is 2.11. The Labute approximate surface area is 78.1 Å². The molecule has 3 nitrogen and oxygen atoms in total. The predicted molar refractivity (Wildman–Crippen MR) is 51.7 cm³/mol. The highest BCUT2D eigenvalue weighted by molar-refractivity contribution is 5.27. The second-order valence-corrected chi connectivity index (χ2v) is 3.90. The molecule has 0 aliphatic heterocycles. The lowest BCUT2D eigenvalue weighted by Crippen LogP contribution is -2.34. The van der Waals surface area contributed by atoms with Crippen molar-refractivity contribution >= 4 is 0 Å². The average Bonchev–Trinajstić information content (AvgIpc) is 2.03. The van der Waals surface area contributed by atoms with Crippen LogP contribution in [0.1, 0.15) is 19.4 Å². The molecular formula is C10H15NO2. The van der Waals surface area contributed by atoms with E-state index in [0.29, 0.717) is 5.75 Å². The van der Waals surface area contributed by atoms with Crippen LogP contribution in [0.15, 0.2) is 24.3 Å². The number of rotatable bonds is 3. The van der Waals surface area contributed by atoms with Crippen molar-refractivity contribution in [3.63, 3.8) is 0 Å². The van der Waals surface area contributed by atoms with Gasteiger partial charge in [-0.2, -0.15) is 0 Å². The van der Waals surface area contributed by atoms with E-state index in [1.54, 1.807) is 12.1 Å². The van der Waals surface area contributed by atoms with Crippen molar-refractivity contribution in [2.45, 2.75) is 25.8 Å². The zero-order chi connectivity index (χ0) is 9.90. The number of nitrogens with two attached hydrogens (primary N) is 1. The minimum Gasteiger partial charge on any atom is -0.340 e. The Morgan fingerprint density at radius 2 is 1.85 bits per heavy atom.